The first-order chi connectivity index (χ1) is 4.74. The molecule has 0 amide bonds. The molecule has 1 aliphatic rings. The van der Waals surface area contributed by atoms with Crippen LogP contribution in [-0.4, -0.2) is 5.78 Å². The molecule has 2 unspecified atom stereocenters. The van der Waals surface area contributed by atoms with Crippen LogP contribution in [0.3, 0.4) is 0 Å². The van der Waals surface area contributed by atoms with Crippen LogP contribution < -0.4 is 0 Å². The Labute approximate surface area is 62.8 Å². The molecule has 10 heavy (non-hydrogen) atoms. The summed E-state index contributed by atoms with van der Waals surface area (Å²) < 4.78 is 0. The van der Waals surface area contributed by atoms with Gasteiger partial charge in [-0.25, -0.2) is 0 Å². The van der Waals surface area contributed by atoms with Gasteiger partial charge >= 0.3 is 0 Å². The van der Waals surface area contributed by atoms with E-state index in [1.54, 1.807) is 0 Å². The molecule has 58 valence electrons. The second-order valence-corrected chi connectivity index (χ2v) is 3.47. The molecule has 0 aliphatic heterocycles. The monoisotopic (exact) mass is 140 g/mol. The van der Waals surface area contributed by atoms with Crippen LogP contribution in [0.5, 0.6) is 0 Å². The lowest BCUT2D eigenvalue weighted by atomic mass is 9.94. The first-order valence-electron chi connectivity index (χ1n) is 4.25. The van der Waals surface area contributed by atoms with Gasteiger partial charge in [0.05, 0.1) is 0 Å². The fourth-order valence-electron chi connectivity index (χ4n) is 1.86. The quantitative estimate of drug-likeness (QED) is 0.575. The third kappa shape index (κ3) is 1.59. The van der Waals surface area contributed by atoms with Crippen molar-refractivity contribution in [3.05, 3.63) is 0 Å². The molecular weight excluding hydrogens is 124 g/mol. The molecule has 1 heteroatoms. The molecule has 0 radical (unpaired) electrons. The maximum Gasteiger partial charge on any atom is 0.133 e. The van der Waals surface area contributed by atoms with Gasteiger partial charge in [-0.05, 0) is 11.8 Å². The summed E-state index contributed by atoms with van der Waals surface area (Å²) in [4.78, 5) is 10.9. The molecule has 0 spiro atoms. The van der Waals surface area contributed by atoms with Crippen molar-refractivity contribution < 1.29 is 4.79 Å². The average Bonchev–Trinajstić information content (AvgIpc) is 2.13. The number of ketones is 1. The van der Waals surface area contributed by atoms with Gasteiger partial charge in [0.2, 0.25) is 0 Å². The molecule has 0 heterocycles. The molecular formula is C9H16O. The molecule has 1 fully saturated rings. The van der Waals surface area contributed by atoms with Gasteiger partial charge in [0.1, 0.15) is 5.78 Å². The lowest BCUT2D eigenvalue weighted by molar-refractivity contribution is -0.117. The van der Waals surface area contributed by atoms with Gasteiger partial charge in [0.25, 0.3) is 0 Å². The van der Waals surface area contributed by atoms with Gasteiger partial charge in [0, 0.05) is 12.8 Å². The summed E-state index contributed by atoms with van der Waals surface area (Å²) in [6, 6.07) is 0. The number of rotatable bonds is 2. The van der Waals surface area contributed by atoms with Crippen LogP contribution in [0, 0.1) is 11.8 Å². The number of hydrogen-bond donors (Lipinski definition) is 0. The minimum Gasteiger partial charge on any atom is -0.300 e. The molecule has 1 nitrogen and oxygen atoms in total. The van der Waals surface area contributed by atoms with Crippen molar-refractivity contribution in [3.8, 4) is 0 Å². The lowest BCUT2D eigenvalue weighted by Crippen LogP contribution is -2.02. The minimum absolute atomic E-state index is 0.478. The Morgan fingerprint density at radius 1 is 1.50 bits per heavy atom. The van der Waals surface area contributed by atoms with E-state index < -0.39 is 0 Å². The van der Waals surface area contributed by atoms with Crippen LogP contribution in [0.2, 0.25) is 0 Å². The minimum atomic E-state index is 0.478. The van der Waals surface area contributed by atoms with Crippen LogP contribution in [0.15, 0.2) is 0 Å². The number of carbonyl (C=O) groups excluding carboxylic acids is 1. The van der Waals surface area contributed by atoms with Gasteiger partial charge in [0.15, 0.2) is 0 Å². The van der Waals surface area contributed by atoms with Crippen molar-refractivity contribution in [1.82, 2.24) is 0 Å². The van der Waals surface area contributed by atoms with E-state index in [0.717, 1.165) is 12.8 Å². The van der Waals surface area contributed by atoms with Gasteiger partial charge in [-0.3, -0.25) is 4.79 Å². The van der Waals surface area contributed by atoms with Crippen molar-refractivity contribution >= 4 is 5.78 Å². The van der Waals surface area contributed by atoms with Crippen LogP contribution in [0.25, 0.3) is 0 Å². The normalized spacial score (nSPS) is 33.2. The molecule has 0 aromatic rings. The molecule has 0 aromatic heterocycles. The van der Waals surface area contributed by atoms with E-state index in [-0.39, 0.29) is 0 Å². The van der Waals surface area contributed by atoms with Crippen molar-refractivity contribution in [2.45, 2.75) is 39.5 Å². The standard InChI is InChI=1S/C9H16O/c1-3-4-8-6-9(10)5-7(8)2/h7-8H,3-6H2,1-2H3. The van der Waals surface area contributed by atoms with Crippen molar-refractivity contribution in [3.63, 3.8) is 0 Å². The van der Waals surface area contributed by atoms with E-state index in [4.69, 9.17) is 0 Å². The predicted molar refractivity (Wildman–Crippen MR) is 41.8 cm³/mol. The van der Waals surface area contributed by atoms with E-state index in [0.29, 0.717) is 17.6 Å². The Kier molecular flexibility index (Phi) is 2.47. The molecule has 0 N–H and O–H groups in total. The summed E-state index contributed by atoms with van der Waals surface area (Å²) in [7, 11) is 0. The SMILES string of the molecule is CCCC1CC(=O)CC1C. The fraction of sp³-hybridized carbons (Fsp3) is 0.889. The third-order valence-electron chi connectivity index (χ3n) is 2.50. The Hall–Kier alpha value is -0.330. The van der Waals surface area contributed by atoms with Crippen molar-refractivity contribution in [2.75, 3.05) is 0 Å². The van der Waals surface area contributed by atoms with Gasteiger partial charge in [-0.1, -0.05) is 26.7 Å². The summed E-state index contributed by atoms with van der Waals surface area (Å²) in [5, 5.41) is 0. The van der Waals surface area contributed by atoms with Gasteiger partial charge in [-0.2, -0.15) is 0 Å². The third-order valence-corrected chi connectivity index (χ3v) is 2.50. The highest BCUT2D eigenvalue weighted by Crippen LogP contribution is 2.31. The molecule has 0 bridgehead atoms. The van der Waals surface area contributed by atoms with E-state index in [9.17, 15) is 4.79 Å². The second kappa shape index (κ2) is 3.18. The van der Waals surface area contributed by atoms with Gasteiger partial charge in [-0.15, -0.1) is 0 Å². The van der Waals surface area contributed by atoms with Crippen LogP contribution >= 0.6 is 0 Å². The molecule has 0 saturated heterocycles. The number of carbonyl (C=O) groups is 1. The fourth-order valence-corrected chi connectivity index (χ4v) is 1.86. The highest BCUT2D eigenvalue weighted by molar-refractivity contribution is 5.81. The number of hydrogen-bond acceptors (Lipinski definition) is 1. The Bertz CT molecular complexity index is 129. The van der Waals surface area contributed by atoms with Crippen molar-refractivity contribution in [2.24, 2.45) is 11.8 Å². The Balaban J connectivity index is 2.38. The zero-order chi connectivity index (χ0) is 7.56. The maximum atomic E-state index is 10.9. The van der Waals surface area contributed by atoms with E-state index in [2.05, 4.69) is 13.8 Å². The highest BCUT2D eigenvalue weighted by atomic mass is 16.1. The molecule has 1 saturated carbocycles. The van der Waals surface area contributed by atoms with Crippen LogP contribution in [-0.2, 0) is 4.79 Å². The second-order valence-electron chi connectivity index (χ2n) is 3.47. The summed E-state index contributed by atoms with van der Waals surface area (Å²) in [5.74, 6) is 1.84. The molecule has 2 atom stereocenters. The largest absolute Gasteiger partial charge is 0.300 e. The first kappa shape index (κ1) is 7.77. The van der Waals surface area contributed by atoms with E-state index in [1.165, 1.54) is 12.8 Å². The first-order valence-corrected chi connectivity index (χ1v) is 4.25. The Morgan fingerprint density at radius 3 is 2.60 bits per heavy atom. The summed E-state index contributed by atoms with van der Waals surface area (Å²) in [6.45, 7) is 4.39. The smallest absolute Gasteiger partial charge is 0.133 e. The topological polar surface area (TPSA) is 17.1 Å². The molecule has 1 rings (SSSR count). The molecule has 0 aromatic carbocycles. The summed E-state index contributed by atoms with van der Waals surface area (Å²) in [6.07, 6.45) is 4.16. The summed E-state index contributed by atoms with van der Waals surface area (Å²) >= 11 is 0. The average molecular weight is 140 g/mol. The zero-order valence-electron chi connectivity index (χ0n) is 6.89. The lowest BCUT2D eigenvalue weighted by Gasteiger charge is -2.11. The maximum absolute atomic E-state index is 10.9. The van der Waals surface area contributed by atoms with E-state index >= 15 is 0 Å². The Morgan fingerprint density at radius 2 is 2.20 bits per heavy atom. The highest BCUT2D eigenvalue weighted by Gasteiger charge is 2.28. The van der Waals surface area contributed by atoms with Crippen LogP contribution in [0.4, 0.5) is 0 Å². The molecule has 1 aliphatic carbocycles. The van der Waals surface area contributed by atoms with E-state index in [1.807, 2.05) is 0 Å². The number of Topliss-reactive ketones (excluding diaryl/α,β-unsaturated/α-hetero) is 1. The van der Waals surface area contributed by atoms with Gasteiger partial charge < -0.3 is 0 Å². The predicted octanol–water partition coefficient (Wildman–Crippen LogP) is 2.40. The zero-order valence-corrected chi connectivity index (χ0v) is 6.89. The van der Waals surface area contributed by atoms with Crippen LogP contribution in [0.1, 0.15) is 39.5 Å². The summed E-state index contributed by atoms with van der Waals surface area (Å²) in [5.41, 5.74) is 0. The van der Waals surface area contributed by atoms with Crippen molar-refractivity contribution in [1.29, 1.82) is 0 Å².